The maximum Gasteiger partial charge on any atom is 0.262 e. The van der Waals surface area contributed by atoms with Gasteiger partial charge in [0.25, 0.3) is 5.91 Å². The largest absolute Gasteiger partial charge is 0.467 e. The van der Waals surface area contributed by atoms with Crippen LogP contribution >= 0.6 is 0 Å². The van der Waals surface area contributed by atoms with Crippen molar-refractivity contribution in [2.24, 2.45) is 0 Å². The molecule has 2 rings (SSSR count). The number of amides is 1. The molecular formula is C14H12N2O3. The number of nitrogens with zero attached hydrogens (tertiary/aromatic N) is 1. The van der Waals surface area contributed by atoms with Crippen LogP contribution < -0.4 is 5.32 Å². The molecule has 0 aliphatic rings. The van der Waals surface area contributed by atoms with Gasteiger partial charge in [0, 0.05) is 6.08 Å². The zero-order valence-corrected chi connectivity index (χ0v) is 10.3. The summed E-state index contributed by atoms with van der Waals surface area (Å²) in [5, 5.41) is 11.6. The van der Waals surface area contributed by atoms with Crippen molar-refractivity contribution in [1.82, 2.24) is 5.32 Å². The fourth-order valence-corrected chi connectivity index (χ4v) is 1.49. The minimum absolute atomic E-state index is 0.00962. The molecule has 0 saturated heterocycles. The number of hydrogen-bond donors (Lipinski definition) is 1. The quantitative estimate of drug-likeness (QED) is 0.673. The highest BCUT2D eigenvalue weighted by atomic mass is 16.3. The second-order valence-corrected chi connectivity index (χ2v) is 3.90. The molecule has 1 N–H and O–H groups in total. The summed E-state index contributed by atoms with van der Waals surface area (Å²) in [6.07, 6.45) is 4.46. The van der Waals surface area contributed by atoms with E-state index in [2.05, 4.69) is 5.32 Å². The first-order valence-corrected chi connectivity index (χ1v) is 5.67. The molecule has 0 bridgehead atoms. The van der Waals surface area contributed by atoms with E-state index in [1.54, 1.807) is 18.2 Å². The van der Waals surface area contributed by atoms with Gasteiger partial charge >= 0.3 is 0 Å². The van der Waals surface area contributed by atoms with E-state index in [1.165, 1.54) is 18.6 Å². The molecule has 5 heteroatoms. The van der Waals surface area contributed by atoms with E-state index < -0.39 is 5.91 Å². The third-order valence-electron chi connectivity index (χ3n) is 2.55. The Balaban J connectivity index is 2.06. The van der Waals surface area contributed by atoms with Gasteiger partial charge in [-0.2, -0.15) is 5.26 Å². The summed E-state index contributed by atoms with van der Waals surface area (Å²) in [6.45, 7) is 2.08. The Bertz CT molecular complexity index is 630. The molecule has 2 aromatic heterocycles. The highest BCUT2D eigenvalue weighted by Crippen LogP contribution is 2.13. The Morgan fingerprint density at radius 3 is 2.84 bits per heavy atom. The van der Waals surface area contributed by atoms with Gasteiger partial charge in [-0.1, -0.05) is 0 Å². The van der Waals surface area contributed by atoms with Crippen LogP contribution in [0.1, 0.15) is 17.1 Å². The number of carbonyl (C=O) groups excluding carboxylic acids is 1. The molecule has 0 radical (unpaired) electrons. The van der Waals surface area contributed by atoms with Crippen LogP contribution in [0.4, 0.5) is 0 Å². The van der Waals surface area contributed by atoms with E-state index >= 15 is 0 Å². The summed E-state index contributed by atoms with van der Waals surface area (Å²) < 4.78 is 10.3. The first-order valence-electron chi connectivity index (χ1n) is 5.67. The van der Waals surface area contributed by atoms with Gasteiger partial charge in [0.2, 0.25) is 0 Å². The van der Waals surface area contributed by atoms with E-state index in [0.717, 1.165) is 5.56 Å². The van der Waals surface area contributed by atoms with Crippen LogP contribution in [0.3, 0.4) is 0 Å². The molecule has 0 spiro atoms. The van der Waals surface area contributed by atoms with Gasteiger partial charge in [0.1, 0.15) is 23.2 Å². The van der Waals surface area contributed by atoms with Crippen molar-refractivity contribution < 1.29 is 13.6 Å². The SMILES string of the molecule is Cc1ccoc1/C=C(\C#N)C(=O)NCc1ccco1. The van der Waals surface area contributed by atoms with Gasteiger partial charge < -0.3 is 14.2 Å². The van der Waals surface area contributed by atoms with Crippen LogP contribution in [0.2, 0.25) is 0 Å². The van der Waals surface area contributed by atoms with Crippen molar-refractivity contribution in [2.75, 3.05) is 0 Å². The van der Waals surface area contributed by atoms with Crippen molar-refractivity contribution in [3.05, 3.63) is 53.4 Å². The highest BCUT2D eigenvalue weighted by Gasteiger charge is 2.11. The van der Waals surface area contributed by atoms with E-state index in [1.807, 2.05) is 13.0 Å². The minimum Gasteiger partial charge on any atom is -0.467 e. The van der Waals surface area contributed by atoms with Crippen molar-refractivity contribution in [3.8, 4) is 6.07 Å². The van der Waals surface area contributed by atoms with Crippen LogP contribution in [0.5, 0.6) is 0 Å². The van der Waals surface area contributed by atoms with Crippen LogP contribution in [0, 0.1) is 18.3 Å². The standard InChI is InChI=1S/C14H12N2O3/c1-10-4-6-19-13(10)7-11(8-15)14(17)16-9-12-3-2-5-18-12/h2-7H,9H2,1H3,(H,16,17)/b11-7+. The molecule has 0 saturated carbocycles. The Morgan fingerprint density at radius 2 is 2.26 bits per heavy atom. The van der Waals surface area contributed by atoms with Crippen LogP contribution in [-0.4, -0.2) is 5.91 Å². The predicted octanol–water partition coefficient (Wildman–Crippen LogP) is 2.40. The summed E-state index contributed by atoms with van der Waals surface area (Å²) in [6, 6.07) is 7.10. The molecular weight excluding hydrogens is 244 g/mol. The zero-order chi connectivity index (χ0) is 13.7. The summed E-state index contributed by atoms with van der Waals surface area (Å²) in [5.41, 5.74) is 0.858. The van der Waals surface area contributed by atoms with Crippen LogP contribution in [0.25, 0.3) is 6.08 Å². The summed E-state index contributed by atoms with van der Waals surface area (Å²) in [5.74, 6) is 0.666. The number of rotatable bonds is 4. The molecule has 0 aromatic carbocycles. The monoisotopic (exact) mass is 256 g/mol. The lowest BCUT2D eigenvalue weighted by Gasteiger charge is -2.01. The lowest BCUT2D eigenvalue weighted by atomic mass is 10.2. The van der Waals surface area contributed by atoms with Crippen LogP contribution in [-0.2, 0) is 11.3 Å². The number of nitrogens with one attached hydrogen (secondary N) is 1. The van der Waals surface area contributed by atoms with Crippen molar-refractivity contribution in [3.63, 3.8) is 0 Å². The third kappa shape index (κ3) is 3.13. The molecule has 0 unspecified atom stereocenters. The number of nitriles is 1. The number of aryl methyl sites for hydroxylation is 1. The molecule has 96 valence electrons. The Hall–Kier alpha value is -2.74. The predicted molar refractivity (Wildman–Crippen MR) is 67.6 cm³/mol. The maximum absolute atomic E-state index is 11.8. The Labute approximate surface area is 110 Å². The zero-order valence-electron chi connectivity index (χ0n) is 10.3. The Kier molecular flexibility index (Phi) is 3.84. The molecule has 0 atom stereocenters. The second kappa shape index (κ2) is 5.74. The number of carbonyl (C=O) groups is 1. The average molecular weight is 256 g/mol. The normalized spacial score (nSPS) is 11.1. The summed E-state index contributed by atoms with van der Waals surface area (Å²) in [7, 11) is 0. The van der Waals surface area contributed by atoms with Gasteiger partial charge in [0.15, 0.2) is 0 Å². The molecule has 0 fully saturated rings. The summed E-state index contributed by atoms with van der Waals surface area (Å²) in [4.78, 5) is 11.8. The van der Waals surface area contributed by atoms with Crippen molar-refractivity contribution in [2.45, 2.75) is 13.5 Å². The topological polar surface area (TPSA) is 79.2 Å². The lowest BCUT2D eigenvalue weighted by Crippen LogP contribution is -2.23. The maximum atomic E-state index is 11.8. The molecule has 1 amide bonds. The van der Waals surface area contributed by atoms with Gasteiger partial charge in [-0.15, -0.1) is 0 Å². The Morgan fingerprint density at radius 1 is 1.42 bits per heavy atom. The van der Waals surface area contributed by atoms with Crippen LogP contribution in [0.15, 0.2) is 45.1 Å². The summed E-state index contributed by atoms with van der Waals surface area (Å²) >= 11 is 0. The first-order chi connectivity index (χ1) is 9.20. The molecule has 5 nitrogen and oxygen atoms in total. The van der Waals surface area contributed by atoms with E-state index in [4.69, 9.17) is 14.1 Å². The first kappa shape index (κ1) is 12.7. The lowest BCUT2D eigenvalue weighted by molar-refractivity contribution is -0.117. The molecule has 0 aliphatic carbocycles. The minimum atomic E-state index is -0.463. The van der Waals surface area contributed by atoms with E-state index in [-0.39, 0.29) is 12.1 Å². The van der Waals surface area contributed by atoms with E-state index in [9.17, 15) is 4.79 Å². The smallest absolute Gasteiger partial charge is 0.262 e. The highest BCUT2D eigenvalue weighted by molar-refractivity contribution is 6.01. The average Bonchev–Trinajstić information content (AvgIpc) is 3.05. The van der Waals surface area contributed by atoms with Gasteiger partial charge in [0.05, 0.1) is 19.1 Å². The second-order valence-electron chi connectivity index (χ2n) is 3.90. The van der Waals surface area contributed by atoms with Gasteiger partial charge in [-0.3, -0.25) is 4.79 Å². The fourth-order valence-electron chi connectivity index (χ4n) is 1.49. The van der Waals surface area contributed by atoms with Gasteiger partial charge in [-0.05, 0) is 30.7 Å². The third-order valence-corrected chi connectivity index (χ3v) is 2.55. The number of hydrogen-bond acceptors (Lipinski definition) is 4. The van der Waals surface area contributed by atoms with Gasteiger partial charge in [-0.25, -0.2) is 0 Å². The van der Waals surface area contributed by atoms with Crippen molar-refractivity contribution in [1.29, 1.82) is 5.26 Å². The van der Waals surface area contributed by atoms with E-state index in [0.29, 0.717) is 11.5 Å². The molecule has 19 heavy (non-hydrogen) atoms. The number of furan rings is 2. The molecule has 2 aromatic rings. The molecule has 2 heterocycles. The fraction of sp³-hybridized carbons (Fsp3) is 0.143. The van der Waals surface area contributed by atoms with Crippen molar-refractivity contribution >= 4 is 12.0 Å². The molecule has 0 aliphatic heterocycles.